The molecule has 0 aliphatic heterocycles. The molecule has 1 atom stereocenters. The van der Waals surface area contributed by atoms with Gasteiger partial charge in [-0.15, -0.1) is 0 Å². The predicted molar refractivity (Wildman–Crippen MR) is 84.3 cm³/mol. The molecular formula is C17H17F3N2O4. The van der Waals surface area contributed by atoms with Crippen molar-refractivity contribution in [1.29, 1.82) is 0 Å². The fourth-order valence-corrected chi connectivity index (χ4v) is 2.41. The molecule has 0 bridgehead atoms. The van der Waals surface area contributed by atoms with E-state index in [4.69, 9.17) is 4.52 Å². The summed E-state index contributed by atoms with van der Waals surface area (Å²) in [6, 6.07) is 3.62. The van der Waals surface area contributed by atoms with Gasteiger partial charge >= 0.3 is 12.1 Å². The number of carboxylic acids is 1. The molecule has 1 unspecified atom stereocenters. The normalized spacial score (nSPS) is 12.8. The molecule has 1 heterocycles. The van der Waals surface area contributed by atoms with E-state index in [2.05, 4.69) is 10.5 Å². The lowest BCUT2D eigenvalue weighted by Gasteiger charge is -2.19. The van der Waals surface area contributed by atoms with Crippen molar-refractivity contribution in [3.63, 3.8) is 0 Å². The number of alkyl halides is 3. The quantitative estimate of drug-likeness (QED) is 0.813. The lowest BCUT2D eigenvalue weighted by molar-refractivity contribution is -0.142. The monoisotopic (exact) mass is 370 g/mol. The van der Waals surface area contributed by atoms with Crippen LogP contribution in [0.4, 0.5) is 13.2 Å². The van der Waals surface area contributed by atoms with Crippen molar-refractivity contribution < 1.29 is 32.4 Å². The maximum atomic E-state index is 13.1. The van der Waals surface area contributed by atoms with Crippen molar-refractivity contribution in [2.24, 2.45) is 5.92 Å². The molecule has 1 aromatic heterocycles. The van der Waals surface area contributed by atoms with Gasteiger partial charge in [0.05, 0.1) is 11.3 Å². The van der Waals surface area contributed by atoms with Gasteiger partial charge in [0.1, 0.15) is 0 Å². The average Bonchev–Trinajstić information content (AvgIpc) is 2.99. The van der Waals surface area contributed by atoms with E-state index in [1.54, 1.807) is 0 Å². The number of carbonyl (C=O) groups is 2. The van der Waals surface area contributed by atoms with Gasteiger partial charge in [0, 0.05) is 6.07 Å². The van der Waals surface area contributed by atoms with E-state index in [1.807, 2.05) is 13.8 Å². The number of nitrogens with zero attached hydrogens (tertiary/aromatic N) is 1. The number of benzene rings is 1. The Labute approximate surface area is 147 Å². The molecule has 9 heteroatoms. The first-order valence-corrected chi connectivity index (χ1v) is 7.75. The number of aliphatic carboxylic acids is 1. The number of carbonyl (C=O) groups excluding carboxylic acids is 1. The average molecular weight is 370 g/mol. The van der Waals surface area contributed by atoms with Crippen molar-refractivity contribution in [3.8, 4) is 0 Å². The summed E-state index contributed by atoms with van der Waals surface area (Å²) in [5.41, 5.74) is -1.21. The van der Waals surface area contributed by atoms with Gasteiger partial charge < -0.3 is 14.9 Å². The largest absolute Gasteiger partial charge is 0.479 e. The smallest absolute Gasteiger partial charge is 0.416 e. The van der Waals surface area contributed by atoms with Crippen molar-refractivity contribution in [2.45, 2.75) is 32.5 Å². The van der Waals surface area contributed by atoms with Crippen LogP contribution in [-0.2, 0) is 17.4 Å². The van der Waals surface area contributed by atoms with Gasteiger partial charge in [-0.1, -0.05) is 37.2 Å². The zero-order valence-electron chi connectivity index (χ0n) is 14.0. The summed E-state index contributed by atoms with van der Waals surface area (Å²) in [6.45, 7) is 3.87. The molecule has 0 aliphatic rings. The maximum Gasteiger partial charge on any atom is 0.416 e. The van der Waals surface area contributed by atoms with Crippen molar-refractivity contribution in [2.75, 3.05) is 0 Å². The third-order valence-corrected chi connectivity index (χ3v) is 3.50. The molecule has 140 valence electrons. The summed E-state index contributed by atoms with van der Waals surface area (Å²) in [5.74, 6) is -2.60. The van der Waals surface area contributed by atoms with Crippen LogP contribution in [0.25, 0.3) is 0 Å². The fourth-order valence-electron chi connectivity index (χ4n) is 2.41. The molecule has 0 saturated carbocycles. The van der Waals surface area contributed by atoms with Gasteiger partial charge in [-0.05, 0) is 24.0 Å². The van der Waals surface area contributed by atoms with Crippen molar-refractivity contribution in [3.05, 3.63) is 52.9 Å². The SMILES string of the molecule is CC(C)Cc1cc(C(=O)NC(C(=O)O)c2ccccc2C(F)(F)F)on1. The topological polar surface area (TPSA) is 92.4 Å². The van der Waals surface area contributed by atoms with Gasteiger partial charge in [-0.3, -0.25) is 4.79 Å². The maximum absolute atomic E-state index is 13.1. The van der Waals surface area contributed by atoms with E-state index >= 15 is 0 Å². The van der Waals surface area contributed by atoms with Gasteiger partial charge in [0.15, 0.2) is 6.04 Å². The molecule has 0 radical (unpaired) electrons. The molecule has 1 aromatic carbocycles. The minimum Gasteiger partial charge on any atom is -0.479 e. The Balaban J connectivity index is 2.28. The van der Waals surface area contributed by atoms with Gasteiger partial charge in [-0.2, -0.15) is 13.2 Å². The fraction of sp³-hybridized carbons (Fsp3) is 0.353. The lowest BCUT2D eigenvalue weighted by Crippen LogP contribution is -2.35. The molecule has 0 aliphatic carbocycles. The molecule has 2 aromatic rings. The summed E-state index contributed by atoms with van der Waals surface area (Å²) >= 11 is 0. The second-order valence-corrected chi connectivity index (χ2v) is 6.11. The summed E-state index contributed by atoms with van der Waals surface area (Å²) < 4.78 is 44.2. The summed E-state index contributed by atoms with van der Waals surface area (Å²) in [7, 11) is 0. The second-order valence-electron chi connectivity index (χ2n) is 6.11. The number of hydrogen-bond donors (Lipinski definition) is 2. The third kappa shape index (κ3) is 4.62. The van der Waals surface area contributed by atoms with Crippen LogP contribution in [0.1, 0.15) is 47.3 Å². The van der Waals surface area contributed by atoms with E-state index in [0.29, 0.717) is 12.1 Å². The number of hydrogen-bond acceptors (Lipinski definition) is 4. The van der Waals surface area contributed by atoms with Crippen LogP contribution >= 0.6 is 0 Å². The highest BCUT2D eigenvalue weighted by atomic mass is 19.4. The Morgan fingerprint density at radius 2 is 1.92 bits per heavy atom. The van der Waals surface area contributed by atoms with E-state index < -0.39 is 35.2 Å². The summed E-state index contributed by atoms with van der Waals surface area (Å²) in [5, 5.41) is 15.1. The molecule has 2 N–H and O–H groups in total. The zero-order valence-corrected chi connectivity index (χ0v) is 14.0. The Hall–Kier alpha value is -2.84. The van der Waals surface area contributed by atoms with Gasteiger partial charge in [0.25, 0.3) is 5.91 Å². The molecule has 0 saturated heterocycles. The highest BCUT2D eigenvalue weighted by Crippen LogP contribution is 2.34. The first-order chi connectivity index (χ1) is 12.1. The van der Waals surface area contributed by atoms with Crippen molar-refractivity contribution >= 4 is 11.9 Å². The van der Waals surface area contributed by atoms with Crippen LogP contribution in [0.15, 0.2) is 34.9 Å². The number of halogens is 3. The van der Waals surface area contributed by atoms with E-state index in [0.717, 1.165) is 18.2 Å². The Kier molecular flexibility index (Phi) is 5.69. The number of aromatic nitrogens is 1. The Morgan fingerprint density at radius 1 is 1.27 bits per heavy atom. The van der Waals surface area contributed by atoms with Gasteiger partial charge in [-0.25, -0.2) is 4.79 Å². The van der Waals surface area contributed by atoms with Gasteiger partial charge in [0.2, 0.25) is 5.76 Å². The van der Waals surface area contributed by atoms with E-state index in [1.165, 1.54) is 12.1 Å². The minimum atomic E-state index is -4.76. The number of rotatable bonds is 6. The molecule has 26 heavy (non-hydrogen) atoms. The molecule has 2 rings (SSSR count). The zero-order chi connectivity index (χ0) is 19.5. The van der Waals surface area contributed by atoms with Crippen LogP contribution in [0.5, 0.6) is 0 Å². The minimum absolute atomic E-state index is 0.251. The predicted octanol–water partition coefficient (Wildman–Crippen LogP) is 3.45. The third-order valence-electron chi connectivity index (χ3n) is 3.50. The number of amides is 1. The summed E-state index contributed by atoms with van der Waals surface area (Å²) in [6.07, 6.45) is -4.22. The Morgan fingerprint density at radius 3 is 2.50 bits per heavy atom. The lowest BCUT2D eigenvalue weighted by atomic mass is 9.99. The van der Waals surface area contributed by atoms with Crippen LogP contribution in [0.3, 0.4) is 0 Å². The molecule has 1 amide bonds. The van der Waals surface area contributed by atoms with Crippen LogP contribution in [-0.4, -0.2) is 22.1 Å². The first-order valence-electron chi connectivity index (χ1n) is 7.75. The van der Waals surface area contributed by atoms with E-state index in [9.17, 15) is 27.9 Å². The Bertz CT molecular complexity index is 799. The number of carboxylic acid groups (broad SMARTS) is 1. The highest BCUT2D eigenvalue weighted by Gasteiger charge is 2.37. The molecular weight excluding hydrogens is 353 g/mol. The first kappa shape index (κ1) is 19.5. The van der Waals surface area contributed by atoms with Crippen molar-refractivity contribution in [1.82, 2.24) is 10.5 Å². The number of nitrogens with one attached hydrogen (secondary N) is 1. The molecule has 0 fully saturated rings. The highest BCUT2D eigenvalue weighted by molar-refractivity contribution is 5.94. The van der Waals surface area contributed by atoms with Crippen LogP contribution in [0, 0.1) is 5.92 Å². The summed E-state index contributed by atoms with van der Waals surface area (Å²) in [4.78, 5) is 23.7. The van der Waals surface area contributed by atoms with E-state index in [-0.39, 0.29) is 11.7 Å². The van der Waals surface area contributed by atoms with Crippen LogP contribution < -0.4 is 5.32 Å². The standard InChI is InChI=1S/C17H17F3N2O4/c1-9(2)7-10-8-13(26-22-10)15(23)21-14(16(24)25)11-5-3-4-6-12(11)17(18,19)20/h3-6,8-9,14H,7H2,1-2H3,(H,21,23)(H,24,25). The molecule has 6 nitrogen and oxygen atoms in total. The molecule has 0 spiro atoms. The second kappa shape index (κ2) is 7.59. The van der Waals surface area contributed by atoms with Crippen LogP contribution in [0.2, 0.25) is 0 Å².